The van der Waals surface area contributed by atoms with Crippen LogP contribution < -0.4 is 10.6 Å². The van der Waals surface area contributed by atoms with Crippen molar-refractivity contribution in [2.24, 2.45) is 0 Å². The summed E-state index contributed by atoms with van der Waals surface area (Å²) in [5.41, 5.74) is 2.20. The van der Waals surface area contributed by atoms with Gasteiger partial charge in [-0.05, 0) is 26.3 Å². The Morgan fingerprint density at radius 3 is 2.62 bits per heavy atom. The fourth-order valence-corrected chi connectivity index (χ4v) is 2.47. The number of aromatic nitrogens is 3. The molecule has 0 spiro atoms. The molecule has 0 atom stereocenters. The molecule has 2 rings (SSSR count). The van der Waals surface area contributed by atoms with Gasteiger partial charge in [0.15, 0.2) is 5.13 Å². The van der Waals surface area contributed by atoms with E-state index in [1.165, 1.54) is 11.3 Å². The minimum Gasteiger partial charge on any atom is -0.351 e. The van der Waals surface area contributed by atoms with Crippen molar-refractivity contribution in [1.82, 2.24) is 20.3 Å². The summed E-state index contributed by atoms with van der Waals surface area (Å²) in [5.74, 6) is 0.355. The van der Waals surface area contributed by atoms with Gasteiger partial charge in [0.05, 0.1) is 0 Å². The Kier molecular flexibility index (Phi) is 5.21. The van der Waals surface area contributed by atoms with Crippen LogP contribution in [0.15, 0.2) is 11.4 Å². The summed E-state index contributed by atoms with van der Waals surface area (Å²) in [6.45, 7) is 6.58. The van der Waals surface area contributed by atoms with Crippen molar-refractivity contribution >= 4 is 28.3 Å². The van der Waals surface area contributed by atoms with Gasteiger partial charge in [-0.1, -0.05) is 13.3 Å². The predicted molar refractivity (Wildman–Crippen MR) is 84.1 cm³/mol. The number of nitrogens with zero attached hydrogens (tertiary/aromatic N) is 3. The van der Waals surface area contributed by atoms with Gasteiger partial charge in [0.25, 0.3) is 5.91 Å². The number of aryl methyl sites for hydroxylation is 2. The van der Waals surface area contributed by atoms with E-state index in [2.05, 4.69) is 32.5 Å². The number of anilines is 2. The van der Waals surface area contributed by atoms with Crippen LogP contribution in [0.25, 0.3) is 0 Å². The van der Waals surface area contributed by atoms with Crippen LogP contribution in [0.3, 0.4) is 0 Å². The number of amides is 1. The monoisotopic (exact) mass is 305 g/mol. The highest BCUT2D eigenvalue weighted by Gasteiger charge is 2.11. The van der Waals surface area contributed by atoms with Gasteiger partial charge in [-0.15, -0.1) is 11.3 Å². The maximum Gasteiger partial charge on any atom is 0.270 e. The molecule has 0 saturated carbocycles. The number of thiazole rings is 1. The molecular weight excluding hydrogens is 286 g/mol. The highest BCUT2D eigenvalue weighted by atomic mass is 32.1. The second kappa shape index (κ2) is 7.12. The lowest BCUT2D eigenvalue weighted by Crippen LogP contribution is -2.24. The zero-order valence-electron chi connectivity index (χ0n) is 12.4. The lowest BCUT2D eigenvalue weighted by atomic mass is 10.3. The van der Waals surface area contributed by atoms with Crippen LogP contribution in [0.4, 0.5) is 11.1 Å². The molecule has 0 unspecified atom stereocenters. The van der Waals surface area contributed by atoms with E-state index in [-0.39, 0.29) is 5.91 Å². The largest absolute Gasteiger partial charge is 0.351 e. The van der Waals surface area contributed by atoms with Crippen molar-refractivity contribution in [3.63, 3.8) is 0 Å². The first-order valence-electron chi connectivity index (χ1n) is 6.91. The summed E-state index contributed by atoms with van der Waals surface area (Å²) in [7, 11) is 0. The van der Waals surface area contributed by atoms with Crippen molar-refractivity contribution < 1.29 is 4.79 Å². The van der Waals surface area contributed by atoms with Crippen molar-refractivity contribution in [3.8, 4) is 0 Å². The van der Waals surface area contributed by atoms with Crippen LogP contribution in [0, 0.1) is 13.8 Å². The summed E-state index contributed by atoms with van der Waals surface area (Å²) in [5, 5.41) is 8.21. The first-order chi connectivity index (χ1) is 10.1. The van der Waals surface area contributed by atoms with Crippen LogP contribution >= 0.6 is 11.3 Å². The SMILES string of the molecule is CCCCNC(=O)c1csc(Nc2nc(C)cc(C)n2)n1. The Hall–Kier alpha value is -2.02. The van der Waals surface area contributed by atoms with Gasteiger partial charge >= 0.3 is 0 Å². The number of unbranched alkanes of at least 4 members (excludes halogenated alkanes) is 1. The third-order valence-electron chi connectivity index (χ3n) is 2.75. The fraction of sp³-hybridized carbons (Fsp3) is 0.429. The molecule has 0 aromatic carbocycles. The minimum atomic E-state index is -0.144. The van der Waals surface area contributed by atoms with E-state index in [4.69, 9.17) is 0 Å². The van der Waals surface area contributed by atoms with Crippen LogP contribution in [-0.2, 0) is 0 Å². The quantitative estimate of drug-likeness (QED) is 0.802. The van der Waals surface area contributed by atoms with Crippen LogP contribution in [-0.4, -0.2) is 27.4 Å². The summed E-state index contributed by atoms with van der Waals surface area (Å²) >= 11 is 1.36. The first kappa shape index (κ1) is 15.4. The molecule has 2 aromatic rings. The van der Waals surface area contributed by atoms with Gasteiger partial charge in [0, 0.05) is 23.3 Å². The zero-order valence-corrected chi connectivity index (χ0v) is 13.3. The molecule has 2 aromatic heterocycles. The third kappa shape index (κ3) is 4.49. The van der Waals surface area contributed by atoms with E-state index in [1.54, 1.807) is 5.38 Å². The van der Waals surface area contributed by atoms with Gasteiger partial charge in [0.1, 0.15) is 5.69 Å². The van der Waals surface area contributed by atoms with Gasteiger partial charge in [0.2, 0.25) is 5.95 Å². The Labute approximate surface area is 128 Å². The lowest BCUT2D eigenvalue weighted by molar-refractivity contribution is 0.0949. The van der Waals surface area contributed by atoms with E-state index < -0.39 is 0 Å². The standard InChI is InChI=1S/C14H19N5OS/c1-4-5-6-15-12(20)11-8-21-14(18-11)19-13-16-9(2)7-10(3)17-13/h7-8H,4-6H2,1-3H3,(H,15,20)(H,16,17,18,19). The van der Waals surface area contributed by atoms with E-state index in [9.17, 15) is 4.79 Å². The number of nitrogens with one attached hydrogen (secondary N) is 2. The molecule has 21 heavy (non-hydrogen) atoms. The third-order valence-corrected chi connectivity index (χ3v) is 3.51. The highest BCUT2D eigenvalue weighted by Crippen LogP contribution is 2.19. The summed E-state index contributed by atoms with van der Waals surface area (Å²) < 4.78 is 0. The second-order valence-electron chi connectivity index (χ2n) is 4.75. The molecule has 2 N–H and O–H groups in total. The fourth-order valence-electron chi connectivity index (χ4n) is 1.78. The number of rotatable bonds is 6. The van der Waals surface area contributed by atoms with Crippen LogP contribution in [0.1, 0.15) is 41.6 Å². The molecule has 1 amide bonds. The highest BCUT2D eigenvalue weighted by molar-refractivity contribution is 7.14. The molecule has 112 valence electrons. The van der Waals surface area contributed by atoms with Crippen molar-refractivity contribution in [2.75, 3.05) is 11.9 Å². The van der Waals surface area contributed by atoms with Crippen LogP contribution in [0.2, 0.25) is 0 Å². The smallest absolute Gasteiger partial charge is 0.270 e. The number of carbonyl (C=O) groups excluding carboxylic acids is 1. The molecule has 7 heteroatoms. The topological polar surface area (TPSA) is 79.8 Å². The summed E-state index contributed by atoms with van der Waals surface area (Å²) in [6, 6.07) is 1.90. The van der Waals surface area contributed by atoms with E-state index in [0.29, 0.717) is 23.3 Å². The summed E-state index contributed by atoms with van der Waals surface area (Å²) in [4.78, 5) is 24.7. The minimum absolute atomic E-state index is 0.144. The van der Waals surface area contributed by atoms with E-state index in [0.717, 1.165) is 24.2 Å². The molecule has 0 aliphatic carbocycles. The Morgan fingerprint density at radius 2 is 1.95 bits per heavy atom. The predicted octanol–water partition coefficient (Wildman–Crippen LogP) is 2.82. The number of hydrogen-bond acceptors (Lipinski definition) is 6. The molecule has 6 nitrogen and oxygen atoms in total. The lowest BCUT2D eigenvalue weighted by Gasteiger charge is -2.03. The molecule has 0 saturated heterocycles. The molecule has 0 bridgehead atoms. The Bertz CT molecular complexity index is 605. The average Bonchev–Trinajstić information content (AvgIpc) is 2.86. The van der Waals surface area contributed by atoms with Crippen LogP contribution in [0.5, 0.6) is 0 Å². The van der Waals surface area contributed by atoms with Gasteiger partial charge < -0.3 is 10.6 Å². The van der Waals surface area contributed by atoms with E-state index in [1.807, 2.05) is 19.9 Å². The van der Waals surface area contributed by atoms with Crippen molar-refractivity contribution in [2.45, 2.75) is 33.6 Å². The average molecular weight is 305 g/mol. The first-order valence-corrected chi connectivity index (χ1v) is 7.79. The Morgan fingerprint density at radius 1 is 1.24 bits per heavy atom. The van der Waals surface area contributed by atoms with Gasteiger partial charge in [-0.2, -0.15) is 0 Å². The maximum absolute atomic E-state index is 11.9. The zero-order chi connectivity index (χ0) is 15.2. The Balaban J connectivity index is 2.01. The van der Waals surface area contributed by atoms with Crippen molar-refractivity contribution in [3.05, 3.63) is 28.5 Å². The normalized spacial score (nSPS) is 10.4. The molecule has 0 radical (unpaired) electrons. The molecule has 0 aliphatic heterocycles. The number of hydrogen-bond donors (Lipinski definition) is 2. The molecule has 0 fully saturated rings. The molecule has 2 heterocycles. The number of carbonyl (C=O) groups is 1. The van der Waals surface area contributed by atoms with Gasteiger partial charge in [-0.25, -0.2) is 15.0 Å². The van der Waals surface area contributed by atoms with Crippen molar-refractivity contribution in [1.29, 1.82) is 0 Å². The second-order valence-corrected chi connectivity index (χ2v) is 5.60. The van der Waals surface area contributed by atoms with E-state index >= 15 is 0 Å². The summed E-state index contributed by atoms with van der Waals surface area (Å²) in [6.07, 6.45) is 2.02. The molecular formula is C14H19N5OS. The molecule has 0 aliphatic rings. The van der Waals surface area contributed by atoms with Gasteiger partial charge in [-0.3, -0.25) is 4.79 Å². The maximum atomic E-state index is 11.9.